The molecule has 0 aromatic heterocycles. The van der Waals surface area contributed by atoms with Crippen LogP contribution in [0.25, 0.3) is 0 Å². The van der Waals surface area contributed by atoms with Gasteiger partial charge in [-0.15, -0.1) is 0 Å². The van der Waals surface area contributed by atoms with Crippen molar-refractivity contribution in [3.63, 3.8) is 0 Å². The van der Waals surface area contributed by atoms with E-state index in [4.69, 9.17) is 0 Å². The first-order valence-electron chi connectivity index (χ1n) is 3.67. The molecule has 1 aromatic carbocycles. The van der Waals surface area contributed by atoms with E-state index in [2.05, 4.69) is 55.0 Å². The molecule has 0 bridgehead atoms. The number of nitrogens with zero attached hydrogens (tertiary/aromatic N) is 1. The van der Waals surface area contributed by atoms with Crippen LogP contribution in [0.5, 0.6) is 0 Å². The van der Waals surface area contributed by atoms with Crippen molar-refractivity contribution in [2.45, 2.75) is 5.33 Å². The van der Waals surface area contributed by atoms with Gasteiger partial charge in [0.25, 0.3) is 0 Å². The summed E-state index contributed by atoms with van der Waals surface area (Å²) in [7, 11) is 4.10. The summed E-state index contributed by atoms with van der Waals surface area (Å²) < 4.78 is 1.12. The summed E-state index contributed by atoms with van der Waals surface area (Å²) in [5, 5.41) is 0.897. The number of anilines is 1. The lowest BCUT2D eigenvalue weighted by Crippen LogP contribution is -2.10. The van der Waals surface area contributed by atoms with Crippen LogP contribution in [-0.4, -0.2) is 14.1 Å². The smallest absolute Gasteiger partial charge is 0.0413 e. The van der Waals surface area contributed by atoms with Gasteiger partial charge < -0.3 is 4.90 Å². The molecule has 0 amide bonds. The van der Waals surface area contributed by atoms with Crippen LogP contribution in [0.4, 0.5) is 5.69 Å². The van der Waals surface area contributed by atoms with Crippen LogP contribution in [0.2, 0.25) is 0 Å². The van der Waals surface area contributed by atoms with Gasteiger partial charge in [-0.05, 0) is 17.7 Å². The lowest BCUT2D eigenvalue weighted by Gasteiger charge is -2.16. The molecule has 1 rings (SSSR count). The summed E-state index contributed by atoms with van der Waals surface area (Å²) >= 11 is 6.91. The van der Waals surface area contributed by atoms with Crippen LogP contribution in [0.15, 0.2) is 22.7 Å². The molecule has 0 heterocycles. The lowest BCUT2D eigenvalue weighted by molar-refractivity contribution is 1.11. The highest BCUT2D eigenvalue weighted by Crippen LogP contribution is 2.25. The van der Waals surface area contributed by atoms with E-state index in [0.29, 0.717) is 0 Å². The number of rotatable bonds is 2. The Labute approximate surface area is 90.0 Å². The van der Waals surface area contributed by atoms with E-state index in [0.717, 1.165) is 9.80 Å². The fourth-order valence-corrected chi connectivity index (χ4v) is 1.89. The van der Waals surface area contributed by atoms with E-state index in [1.807, 2.05) is 14.1 Å². The molecule has 12 heavy (non-hydrogen) atoms. The fraction of sp³-hybridized carbons (Fsp3) is 0.333. The summed E-state index contributed by atoms with van der Waals surface area (Å²) in [5.41, 5.74) is 2.56. The van der Waals surface area contributed by atoms with Crippen molar-refractivity contribution in [3.8, 4) is 0 Å². The van der Waals surface area contributed by atoms with E-state index < -0.39 is 0 Å². The number of benzene rings is 1. The van der Waals surface area contributed by atoms with Gasteiger partial charge in [0.05, 0.1) is 0 Å². The molecule has 0 aliphatic carbocycles. The van der Waals surface area contributed by atoms with Gasteiger partial charge in [-0.1, -0.05) is 37.9 Å². The Kier molecular flexibility index (Phi) is 3.59. The predicted molar refractivity (Wildman–Crippen MR) is 61.1 cm³/mol. The summed E-state index contributed by atoms with van der Waals surface area (Å²) in [6.45, 7) is 0. The maximum atomic E-state index is 3.46. The zero-order chi connectivity index (χ0) is 9.14. The zero-order valence-corrected chi connectivity index (χ0v) is 10.3. The minimum atomic E-state index is 0.897. The molecule has 0 fully saturated rings. The third-order valence-corrected chi connectivity index (χ3v) is 2.77. The van der Waals surface area contributed by atoms with Crippen LogP contribution in [0.3, 0.4) is 0 Å². The molecule has 0 radical (unpaired) electrons. The Morgan fingerprint density at radius 1 is 1.33 bits per heavy atom. The normalized spacial score (nSPS) is 10.0. The molecule has 0 saturated heterocycles. The van der Waals surface area contributed by atoms with E-state index in [-0.39, 0.29) is 0 Å². The number of hydrogen-bond acceptors (Lipinski definition) is 1. The largest absolute Gasteiger partial charge is 0.377 e. The second-order valence-electron chi connectivity index (χ2n) is 2.80. The molecular weight excluding hydrogens is 282 g/mol. The van der Waals surface area contributed by atoms with Gasteiger partial charge in [0.2, 0.25) is 0 Å². The molecule has 0 aliphatic heterocycles. The van der Waals surface area contributed by atoms with Crippen molar-refractivity contribution in [2.24, 2.45) is 0 Å². The van der Waals surface area contributed by atoms with E-state index in [1.54, 1.807) is 0 Å². The van der Waals surface area contributed by atoms with Crippen molar-refractivity contribution in [1.82, 2.24) is 0 Å². The van der Waals surface area contributed by atoms with Gasteiger partial charge in [-0.3, -0.25) is 0 Å². The third kappa shape index (κ3) is 2.23. The van der Waals surface area contributed by atoms with Crippen molar-refractivity contribution < 1.29 is 0 Å². The first-order valence-corrected chi connectivity index (χ1v) is 5.58. The Morgan fingerprint density at radius 3 is 2.50 bits per heavy atom. The van der Waals surface area contributed by atoms with Crippen LogP contribution < -0.4 is 4.90 Å². The molecule has 0 saturated carbocycles. The summed E-state index contributed by atoms with van der Waals surface area (Å²) in [4.78, 5) is 2.11. The summed E-state index contributed by atoms with van der Waals surface area (Å²) in [6, 6.07) is 6.30. The third-order valence-electron chi connectivity index (χ3n) is 1.67. The second-order valence-corrected chi connectivity index (χ2v) is 4.28. The maximum absolute atomic E-state index is 3.46. The zero-order valence-electron chi connectivity index (χ0n) is 7.14. The van der Waals surface area contributed by atoms with Crippen LogP contribution >= 0.6 is 31.9 Å². The molecule has 0 atom stereocenters. The van der Waals surface area contributed by atoms with Crippen molar-refractivity contribution >= 4 is 37.5 Å². The van der Waals surface area contributed by atoms with E-state index in [9.17, 15) is 0 Å². The van der Waals surface area contributed by atoms with Gasteiger partial charge in [0.1, 0.15) is 0 Å². The SMILES string of the molecule is CN(C)c1cc(Br)ccc1CBr. The first kappa shape index (κ1) is 10.1. The van der Waals surface area contributed by atoms with Gasteiger partial charge in [-0.2, -0.15) is 0 Å². The highest BCUT2D eigenvalue weighted by atomic mass is 79.9. The van der Waals surface area contributed by atoms with E-state index in [1.165, 1.54) is 11.3 Å². The molecule has 0 spiro atoms. The molecule has 0 aliphatic rings. The number of alkyl halides is 1. The van der Waals surface area contributed by atoms with Gasteiger partial charge in [0, 0.05) is 29.6 Å². The summed E-state index contributed by atoms with van der Waals surface area (Å²) in [6.07, 6.45) is 0. The maximum Gasteiger partial charge on any atom is 0.0413 e. The minimum absolute atomic E-state index is 0.897. The van der Waals surface area contributed by atoms with Crippen molar-refractivity contribution in [2.75, 3.05) is 19.0 Å². The lowest BCUT2D eigenvalue weighted by atomic mass is 10.2. The first-order chi connectivity index (χ1) is 5.65. The minimum Gasteiger partial charge on any atom is -0.377 e. The molecule has 0 N–H and O–H groups in total. The molecule has 1 aromatic rings. The topological polar surface area (TPSA) is 3.24 Å². The molecule has 66 valence electrons. The van der Waals surface area contributed by atoms with Crippen LogP contribution in [-0.2, 0) is 5.33 Å². The Morgan fingerprint density at radius 2 is 2.00 bits per heavy atom. The molecular formula is C9H11Br2N. The van der Waals surface area contributed by atoms with Gasteiger partial charge in [-0.25, -0.2) is 0 Å². The van der Waals surface area contributed by atoms with Gasteiger partial charge in [0.15, 0.2) is 0 Å². The molecule has 1 nitrogen and oxygen atoms in total. The predicted octanol–water partition coefficient (Wildman–Crippen LogP) is 3.41. The second kappa shape index (κ2) is 4.28. The van der Waals surface area contributed by atoms with Crippen molar-refractivity contribution in [3.05, 3.63) is 28.2 Å². The Hall–Kier alpha value is -0.0200. The summed E-state index contributed by atoms with van der Waals surface area (Å²) in [5.74, 6) is 0. The molecule has 0 unspecified atom stereocenters. The Balaban J connectivity index is 3.12. The van der Waals surface area contributed by atoms with Crippen LogP contribution in [0.1, 0.15) is 5.56 Å². The Bertz CT molecular complexity index is 271. The standard InChI is InChI=1S/C9H11Br2N/c1-12(2)9-5-8(11)4-3-7(9)6-10/h3-5H,6H2,1-2H3. The fourth-order valence-electron chi connectivity index (χ4n) is 1.07. The number of halogens is 2. The average molecular weight is 293 g/mol. The highest BCUT2D eigenvalue weighted by molar-refractivity contribution is 9.10. The quantitative estimate of drug-likeness (QED) is 0.755. The highest BCUT2D eigenvalue weighted by Gasteiger charge is 2.02. The molecule has 3 heteroatoms. The average Bonchev–Trinajstić information content (AvgIpc) is 2.04. The van der Waals surface area contributed by atoms with Crippen molar-refractivity contribution in [1.29, 1.82) is 0 Å². The van der Waals surface area contributed by atoms with Gasteiger partial charge >= 0.3 is 0 Å². The monoisotopic (exact) mass is 291 g/mol. The number of hydrogen-bond donors (Lipinski definition) is 0. The van der Waals surface area contributed by atoms with E-state index >= 15 is 0 Å². The van der Waals surface area contributed by atoms with Crippen LogP contribution in [0, 0.1) is 0 Å².